The summed E-state index contributed by atoms with van der Waals surface area (Å²) in [5.74, 6) is 0.474. The van der Waals surface area contributed by atoms with Gasteiger partial charge in [-0.3, -0.25) is 23.9 Å². The van der Waals surface area contributed by atoms with Crippen LogP contribution >= 0.6 is 0 Å². The fourth-order valence-electron chi connectivity index (χ4n) is 4.33. The van der Waals surface area contributed by atoms with Crippen LogP contribution in [-0.2, 0) is 11.8 Å². The molecule has 3 aromatic heterocycles. The lowest BCUT2D eigenvalue weighted by molar-refractivity contribution is -0.130. The molecule has 0 bridgehead atoms. The van der Waals surface area contributed by atoms with E-state index in [1.165, 1.54) is 0 Å². The third-order valence-corrected chi connectivity index (χ3v) is 6.17. The Labute approximate surface area is 183 Å². The number of anilines is 2. The highest BCUT2D eigenvalue weighted by molar-refractivity contribution is 5.82. The van der Waals surface area contributed by atoms with Crippen molar-refractivity contribution in [3.8, 4) is 0 Å². The van der Waals surface area contributed by atoms with Crippen LogP contribution in [0.5, 0.6) is 0 Å². The molecule has 10 heteroatoms. The Kier molecular flexibility index (Phi) is 4.84. The van der Waals surface area contributed by atoms with Crippen LogP contribution in [0.1, 0.15) is 31.4 Å². The van der Waals surface area contributed by atoms with Crippen molar-refractivity contribution in [3.63, 3.8) is 0 Å². The number of fused-ring (bicyclic) bond motifs is 2. The SMILES string of the molecule is CC(=O)N1CCC(n2c(=O)n(C)c3cnc(Nc4cc5nccnc5cc4C)nc32)CC1. The Morgan fingerprint density at radius 2 is 1.78 bits per heavy atom. The summed E-state index contributed by atoms with van der Waals surface area (Å²) in [6.07, 6.45) is 6.43. The molecule has 4 heterocycles. The highest BCUT2D eigenvalue weighted by atomic mass is 16.2. The fourth-order valence-corrected chi connectivity index (χ4v) is 4.33. The molecule has 4 aromatic rings. The standard InChI is InChI=1S/C22H24N8O2/c1-13-10-17-18(24-7-6-23-17)11-16(13)26-21-25-12-19-20(27-21)30(22(32)28(19)3)15-4-8-29(9-5-15)14(2)31/h6-7,10-12,15H,4-5,8-9H2,1-3H3,(H,25,26,27). The minimum Gasteiger partial charge on any atom is -0.343 e. The largest absolute Gasteiger partial charge is 0.343 e. The molecule has 10 nitrogen and oxygen atoms in total. The van der Waals surface area contributed by atoms with Gasteiger partial charge in [-0.25, -0.2) is 9.78 Å². The van der Waals surface area contributed by atoms with Gasteiger partial charge in [0.25, 0.3) is 0 Å². The molecular weight excluding hydrogens is 408 g/mol. The van der Waals surface area contributed by atoms with Crippen molar-refractivity contribution in [2.75, 3.05) is 18.4 Å². The van der Waals surface area contributed by atoms with Gasteiger partial charge in [-0.15, -0.1) is 0 Å². The maximum Gasteiger partial charge on any atom is 0.330 e. The molecule has 1 saturated heterocycles. The fraction of sp³-hybridized carbons (Fsp3) is 0.364. The third-order valence-electron chi connectivity index (χ3n) is 6.17. The van der Waals surface area contributed by atoms with Crippen LogP contribution in [0.2, 0.25) is 0 Å². The number of hydrogen-bond donors (Lipinski definition) is 1. The van der Waals surface area contributed by atoms with Crippen LogP contribution in [-0.4, -0.2) is 53.0 Å². The number of benzene rings is 1. The molecule has 164 valence electrons. The summed E-state index contributed by atoms with van der Waals surface area (Å²) >= 11 is 0. The normalized spacial score (nSPS) is 14.9. The molecule has 32 heavy (non-hydrogen) atoms. The van der Waals surface area contributed by atoms with Crippen molar-refractivity contribution >= 4 is 39.7 Å². The number of aromatic nitrogens is 6. The second-order valence-electron chi connectivity index (χ2n) is 8.19. The van der Waals surface area contributed by atoms with Crippen LogP contribution in [0, 0.1) is 6.92 Å². The van der Waals surface area contributed by atoms with E-state index in [-0.39, 0.29) is 17.6 Å². The first-order valence-corrected chi connectivity index (χ1v) is 10.6. The molecule has 1 amide bonds. The van der Waals surface area contributed by atoms with Crippen molar-refractivity contribution in [3.05, 3.63) is 46.8 Å². The maximum absolute atomic E-state index is 13.0. The van der Waals surface area contributed by atoms with Crippen molar-refractivity contribution in [1.29, 1.82) is 0 Å². The van der Waals surface area contributed by atoms with Gasteiger partial charge in [0, 0.05) is 51.2 Å². The molecule has 1 aliphatic heterocycles. The first-order chi connectivity index (χ1) is 15.4. The highest BCUT2D eigenvalue weighted by Gasteiger charge is 2.26. The summed E-state index contributed by atoms with van der Waals surface area (Å²) in [6, 6.07) is 3.87. The highest BCUT2D eigenvalue weighted by Crippen LogP contribution is 2.27. The number of imidazole rings is 1. The number of likely N-dealkylation sites (tertiary alicyclic amines) is 1. The quantitative estimate of drug-likeness (QED) is 0.529. The van der Waals surface area contributed by atoms with Crippen LogP contribution < -0.4 is 11.0 Å². The molecule has 1 fully saturated rings. The number of rotatable bonds is 3. The molecule has 1 N–H and O–H groups in total. The molecule has 0 radical (unpaired) electrons. The molecule has 5 rings (SSSR count). The molecular formula is C22H24N8O2. The number of nitrogens with zero attached hydrogens (tertiary/aromatic N) is 7. The predicted octanol–water partition coefficient (Wildman–Crippen LogP) is 2.31. The molecule has 0 atom stereocenters. The van der Waals surface area contributed by atoms with E-state index in [1.54, 1.807) is 41.7 Å². The van der Waals surface area contributed by atoms with Gasteiger partial charge in [-0.05, 0) is 37.5 Å². The van der Waals surface area contributed by atoms with E-state index in [0.29, 0.717) is 43.0 Å². The average Bonchev–Trinajstić information content (AvgIpc) is 3.04. The summed E-state index contributed by atoms with van der Waals surface area (Å²) in [4.78, 5) is 44.3. The topological polar surface area (TPSA) is 111 Å². The Balaban J connectivity index is 1.51. The summed E-state index contributed by atoms with van der Waals surface area (Å²) in [7, 11) is 1.73. The van der Waals surface area contributed by atoms with Crippen LogP contribution in [0.3, 0.4) is 0 Å². The van der Waals surface area contributed by atoms with Gasteiger partial charge in [0.2, 0.25) is 11.9 Å². The lowest BCUT2D eigenvalue weighted by Crippen LogP contribution is -2.39. The predicted molar refractivity (Wildman–Crippen MR) is 121 cm³/mol. The van der Waals surface area contributed by atoms with E-state index in [2.05, 4.69) is 20.3 Å². The van der Waals surface area contributed by atoms with E-state index >= 15 is 0 Å². The zero-order valence-corrected chi connectivity index (χ0v) is 18.2. The van der Waals surface area contributed by atoms with Crippen LogP contribution in [0.15, 0.2) is 35.5 Å². The summed E-state index contributed by atoms with van der Waals surface area (Å²) in [5, 5.41) is 3.27. The Morgan fingerprint density at radius 1 is 1.09 bits per heavy atom. The second kappa shape index (κ2) is 7.70. The van der Waals surface area contributed by atoms with Crippen molar-refractivity contribution in [1.82, 2.24) is 34.0 Å². The van der Waals surface area contributed by atoms with E-state index < -0.39 is 0 Å². The van der Waals surface area contributed by atoms with E-state index in [9.17, 15) is 9.59 Å². The van der Waals surface area contributed by atoms with E-state index in [1.807, 2.05) is 24.0 Å². The Hall–Kier alpha value is -3.82. The Morgan fingerprint density at radius 3 is 2.47 bits per heavy atom. The number of amides is 1. The molecule has 0 saturated carbocycles. The van der Waals surface area contributed by atoms with Crippen molar-refractivity contribution in [2.45, 2.75) is 32.7 Å². The van der Waals surface area contributed by atoms with Crippen molar-refractivity contribution in [2.24, 2.45) is 7.05 Å². The molecule has 1 aromatic carbocycles. The summed E-state index contributed by atoms with van der Waals surface area (Å²) in [6.45, 7) is 4.83. The number of nitrogens with one attached hydrogen (secondary N) is 1. The van der Waals surface area contributed by atoms with E-state index in [4.69, 9.17) is 4.98 Å². The van der Waals surface area contributed by atoms with Gasteiger partial charge in [-0.1, -0.05) is 0 Å². The molecule has 0 aliphatic carbocycles. The average molecular weight is 432 g/mol. The number of carbonyl (C=O) groups excluding carboxylic acids is 1. The van der Waals surface area contributed by atoms with E-state index in [0.717, 1.165) is 22.3 Å². The number of hydrogen-bond acceptors (Lipinski definition) is 7. The lowest BCUT2D eigenvalue weighted by atomic mass is 10.0. The van der Waals surface area contributed by atoms with Crippen molar-refractivity contribution < 1.29 is 4.79 Å². The lowest BCUT2D eigenvalue weighted by Gasteiger charge is -2.31. The maximum atomic E-state index is 13.0. The molecule has 0 unspecified atom stereocenters. The minimum absolute atomic E-state index is 0.0118. The van der Waals surface area contributed by atoms with Gasteiger partial charge >= 0.3 is 5.69 Å². The second-order valence-corrected chi connectivity index (χ2v) is 8.19. The van der Waals surface area contributed by atoms with Gasteiger partial charge in [-0.2, -0.15) is 4.98 Å². The number of aryl methyl sites for hydroxylation is 2. The third kappa shape index (κ3) is 3.37. The van der Waals surface area contributed by atoms with Crippen LogP contribution in [0.25, 0.3) is 22.2 Å². The first kappa shape index (κ1) is 20.1. The Bertz CT molecular complexity index is 1400. The van der Waals surface area contributed by atoms with Gasteiger partial charge < -0.3 is 10.2 Å². The number of piperidine rings is 1. The number of carbonyl (C=O) groups is 1. The zero-order chi connectivity index (χ0) is 22.4. The van der Waals surface area contributed by atoms with Gasteiger partial charge in [0.05, 0.1) is 17.2 Å². The van der Waals surface area contributed by atoms with Crippen LogP contribution in [0.4, 0.5) is 11.6 Å². The first-order valence-electron chi connectivity index (χ1n) is 10.6. The smallest absolute Gasteiger partial charge is 0.330 e. The minimum atomic E-state index is -0.120. The van der Waals surface area contributed by atoms with Gasteiger partial charge in [0.1, 0.15) is 5.52 Å². The summed E-state index contributed by atoms with van der Waals surface area (Å²) < 4.78 is 3.33. The van der Waals surface area contributed by atoms with Gasteiger partial charge in [0.15, 0.2) is 5.65 Å². The zero-order valence-electron chi connectivity index (χ0n) is 18.2. The molecule has 1 aliphatic rings. The molecule has 0 spiro atoms. The monoisotopic (exact) mass is 432 g/mol. The summed E-state index contributed by atoms with van der Waals surface area (Å²) in [5.41, 5.74) is 4.56.